The highest BCUT2D eigenvalue weighted by atomic mass is 14.9. The molecule has 0 amide bonds. The van der Waals surface area contributed by atoms with Crippen molar-refractivity contribution >= 4 is 17.1 Å². The quantitative estimate of drug-likeness (QED) is 0.768. The Hall–Kier alpha value is -2.47. The van der Waals surface area contributed by atoms with Crippen LogP contribution in [0.5, 0.6) is 0 Å². The second-order valence-corrected chi connectivity index (χ2v) is 3.89. The molecule has 0 atom stereocenters. The third-order valence-corrected chi connectivity index (χ3v) is 2.55. The number of nitriles is 1. The fourth-order valence-corrected chi connectivity index (χ4v) is 1.56. The first-order valence-electron chi connectivity index (χ1n) is 5.32. The molecule has 0 aliphatic rings. The van der Waals surface area contributed by atoms with Gasteiger partial charge in [0.2, 0.25) is 0 Å². The molecule has 0 fully saturated rings. The van der Waals surface area contributed by atoms with Crippen LogP contribution in [0.4, 0.5) is 17.1 Å². The smallest absolute Gasteiger partial charge is 0.0991 e. The highest BCUT2D eigenvalue weighted by Crippen LogP contribution is 2.22. The molecule has 0 aliphatic heterocycles. The standard InChI is InChI=1S/C14H13N3/c1-10-2-5-12(16)8-14(10)17-13-6-3-11(9-15)4-7-13/h2-8,17H,16H2,1H3. The van der Waals surface area contributed by atoms with Crippen LogP contribution >= 0.6 is 0 Å². The highest BCUT2D eigenvalue weighted by Gasteiger charge is 1.99. The van der Waals surface area contributed by atoms with E-state index in [0.717, 1.165) is 22.6 Å². The Kier molecular flexibility index (Phi) is 2.97. The molecule has 0 heterocycles. The summed E-state index contributed by atoms with van der Waals surface area (Å²) in [5, 5.41) is 12.0. The molecule has 2 aromatic rings. The van der Waals surface area contributed by atoms with Crippen molar-refractivity contribution in [2.24, 2.45) is 0 Å². The molecule has 0 aromatic heterocycles. The highest BCUT2D eigenvalue weighted by molar-refractivity contribution is 5.67. The maximum absolute atomic E-state index is 8.71. The van der Waals surface area contributed by atoms with Gasteiger partial charge in [0.1, 0.15) is 0 Å². The van der Waals surface area contributed by atoms with Gasteiger partial charge in [0, 0.05) is 17.1 Å². The molecule has 2 rings (SSSR count). The topological polar surface area (TPSA) is 61.8 Å². The zero-order chi connectivity index (χ0) is 12.3. The maximum Gasteiger partial charge on any atom is 0.0991 e. The van der Waals surface area contributed by atoms with Crippen LogP contribution in [0, 0.1) is 18.3 Å². The molecule has 0 radical (unpaired) electrons. The molecule has 0 saturated heterocycles. The van der Waals surface area contributed by atoms with Crippen molar-refractivity contribution in [2.45, 2.75) is 6.92 Å². The Morgan fingerprint density at radius 3 is 2.47 bits per heavy atom. The zero-order valence-corrected chi connectivity index (χ0v) is 9.57. The number of benzene rings is 2. The summed E-state index contributed by atoms with van der Waals surface area (Å²) in [4.78, 5) is 0. The second-order valence-electron chi connectivity index (χ2n) is 3.89. The summed E-state index contributed by atoms with van der Waals surface area (Å²) in [6.07, 6.45) is 0. The van der Waals surface area contributed by atoms with E-state index in [1.165, 1.54) is 0 Å². The number of hydrogen-bond donors (Lipinski definition) is 2. The minimum Gasteiger partial charge on any atom is -0.399 e. The number of nitrogens with one attached hydrogen (secondary N) is 1. The van der Waals surface area contributed by atoms with E-state index in [-0.39, 0.29) is 0 Å². The molecule has 3 heteroatoms. The lowest BCUT2D eigenvalue weighted by Crippen LogP contribution is -1.95. The minimum atomic E-state index is 0.653. The van der Waals surface area contributed by atoms with Crippen molar-refractivity contribution in [1.82, 2.24) is 0 Å². The van der Waals surface area contributed by atoms with Crippen molar-refractivity contribution in [3.8, 4) is 6.07 Å². The molecule has 0 bridgehead atoms. The van der Waals surface area contributed by atoms with E-state index in [2.05, 4.69) is 11.4 Å². The van der Waals surface area contributed by atoms with Gasteiger partial charge >= 0.3 is 0 Å². The number of nitrogen functional groups attached to an aromatic ring is 1. The average Bonchev–Trinajstić information content (AvgIpc) is 2.35. The van der Waals surface area contributed by atoms with Crippen molar-refractivity contribution in [2.75, 3.05) is 11.1 Å². The summed E-state index contributed by atoms with van der Waals surface area (Å²) in [6.45, 7) is 2.02. The van der Waals surface area contributed by atoms with Gasteiger partial charge in [-0.25, -0.2) is 0 Å². The van der Waals surface area contributed by atoms with Gasteiger partial charge in [-0.2, -0.15) is 5.26 Å². The van der Waals surface area contributed by atoms with Gasteiger partial charge in [-0.15, -0.1) is 0 Å². The van der Waals surface area contributed by atoms with Gasteiger partial charge < -0.3 is 11.1 Å². The predicted octanol–water partition coefficient (Wildman–Crippen LogP) is 3.19. The summed E-state index contributed by atoms with van der Waals surface area (Å²) in [5.74, 6) is 0. The van der Waals surface area contributed by atoms with Gasteiger partial charge in [0.15, 0.2) is 0 Å². The number of anilines is 3. The molecule has 0 aliphatic carbocycles. The van der Waals surface area contributed by atoms with Crippen LogP contribution in [0.1, 0.15) is 11.1 Å². The fraction of sp³-hybridized carbons (Fsp3) is 0.0714. The van der Waals surface area contributed by atoms with E-state index in [4.69, 9.17) is 11.0 Å². The summed E-state index contributed by atoms with van der Waals surface area (Å²) in [7, 11) is 0. The predicted molar refractivity (Wildman–Crippen MR) is 70.0 cm³/mol. The van der Waals surface area contributed by atoms with E-state index < -0.39 is 0 Å². The van der Waals surface area contributed by atoms with Crippen LogP contribution < -0.4 is 11.1 Å². The average molecular weight is 223 g/mol. The third-order valence-electron chi connectivity index (χ3n) is 2.55. The normalized spacial score (nSPS) is 9.65. The van der Waals surface area contributed by atoms with E-state index in [1.54, 1.807) is 12.1 Å². The fourth-order valence-electron chi connectivity index (χ4n) is 1.56. The maximum atomic E-state index is 8.71. The Labute approximate surface area is 101 Å². The van der Waals surface area contributed by atoms with Gasteiger partial charge in [0.05, 0.1) is 11.6 Å². The molecule has 0 saturated carbocycles. The number of hydrogen-bond acceptors (Lipinski definition) is 3. The van der Waals surface area contributed by atoms with Crippen LogP contribution in [-0.4, -0.2) is 0 Å². The Bertz CT molecular complexity index is 565. The minimum absolute atomic E-state index is 0.653. The SMILES string of the molecule is Cc1ccc(N)cc1Nc1ccc(C#N)cc1. The van der Waals surface area contributed by atoms with Crippen LogP contribution in [0.25, 0.3) is 0 Å². The summed E-state index contributed by atoms with van der Waals surface area (Å²) < 4.78 is 0. The van der Waals surface area contributed by atoms with Gasteiger partial charge in [-0.05, 0) is 48.9 Å². The molecule has 2 aromatic carbocycles. The van der Waals surface area contributed by atoms with Crippen molar-refractivity contribution in [3.63, 3.8) is 0 Å². The third kappa shape index (κ3) is 2.56. The van der Waals surface area contributed by atoms with Crippen molar-refractivity contribution in [3.05, 3.63) is 53.6 Å². The number of nitrogens with two attached hydrogens (primary N) is 1. The Morgan fingerprint density at radius 1 is 1.12 bits per heavy atom. The number of aryl methyl sites for hydroxylation is 1. The van der Waals surface area contributed by atoms with E-state index in [1.807, 2.05) is 37.3 Å². The van der Waals surface area contributed by atoms with E-state index in [9.17, 15) is 0 Å². The molecular weight excluding hydrogens is 210 g/mol. The molecule has 3 nitrogen and oxygen atoms in total. The number of nitrogens with zero attached hydrogens (tertiary/aromatic N) is 1. The first kappa shape index (κ1) is 11.0. The van der Waals surface area contributed by atoms with E-state index in [0.29, 0.717) is 5.56 Å². The largest absolute Gasteiger partial charge is 0.399 e. The van der Waals surface area contributed by atoms with Crippen LogP contribution in [0.15, 0.2) is 42.5 Å². The lowest BCUT2D eigenvalue weighted by Gasteiger charge is -2.10. The first-order valence-corrected chi connectivity index (χ1v) is 5.32. The molecule has 84 valence electrons. The Morgan fingerprint density at radius 2 is 1.82 bits per heavy atom. The Balaban J connectivity index is 2.25. The molecular formula is C14H13N3. The van der Waals surface area contributed by atoms with Crippen LogP contribution in [0.2, 0.25) is 0 Å². The van der Waals surface area contributed by atoms with Crippen molar-refractivity contribution in [1.29, 1.82) is 5.26 Å². The first-order chi connectivity index (χ1) is 8.19. The van der Waals surface area contributed by atoms with Gasteiger partial charge in [-0.1, -0.05) is 6.07 Å². The summed E-state index contributed by atoms with van der Waals surface area (Å²) in [6, 6.07) is 15.2. The van der Waals surface area contributed by atoms with Gasteiger partial charge in [-0.3, -0.25) is 0 Å². The van der Waals surface area contributed by atoms with E-state index >= 15 is 0 Å². The van der Waals surface area contributed by atoms with Gasteiger partial charge in [0.25, 0.3) is 0 Å². The lowest BCUT2D eigenvalue weighted by atomic mass is 10.1. The molecule has 17 heavy (non-hydrogen) atoms. The van der Waals surface area contributed by atoms with Crippen molar-refractivity contribution < 1.29 is 0 Å². The monoisotopic (exact) mass is 223 g/mol. The van der Waals surface area contributed by atoms with Crippen LogP contribution in [-0.2, 0) is 0 Å². The molecule has 0 spiro atoms. The number of rotatable bonds is 2. The van der Waals surface area contributed by atoms with Crippen LogP contribution in [0.3, 0.4) is 0 Å². The molecule has 0 unspecified atom stereocenters. The molecule has 3 N–H and O–H groups in total. The second kappa shape index (κ2) is 4.58. The summed E-state index contributed by atoms with van der Waals surface area (Å²) in [5.41, 5.74) is 10.2. The zero-order valence-electron chi connectivity index (χ0n) is 9.57. The summed E-state index contributed by atoms with van der Waals surface area (Å²) >= 11 is 0. The lowest BCUT2D eigenvalue weighted by molar-refractivity contribution is 1.42.